The Morgan fingerprint density at radius 1 is 1.39 bits per heavy atom. The summed E-state index contributed by atoms with van der Waals surface area (Å²) in [6.07, 6.45) is 5.33. The third-order valence-electron chi connectivity index (χ3n) is 2.73. The van der Waals surface area contributed by atoms with Crippen molar-refractivity contribution < 1.29 is 0 Å². The van der Waals surface area contributed by atoms with Crippen LogP contribution in [-0.2, 0) is 0 Å². The molecule has 0 aliphatic heterocycles. The number of nitrogens with one attached hydrogen (secondary N) is 1. The number of nitrogens with two attached hydrogens (primary N) is 1. The number of hydrogen-bond donors (Lipinski definition) is 2. The molecule has 2 aromatic rings. The summed E-state index contributed by atoms with van der Waals surface area (Å²) < 4.78 is 2.88. The Balaban J connectivity index is 2.48. The number of rotatable bonds is 4. The second-order valence-electron chi connectivity index (χ2n) is 4.30. The van der Waals surface area contributed by atoms with Crippen LogP contribution in [0.2, 0.25) is 0 Å². The molecule has 6 heteroatoms. The number of nitrogens with zero attached hydrogens (tertiary/aromatic N) is 3. The fraction of sp³-hybridized carbons (Fsp3) is 0.333. The molecular formula is C12H16BrN5. The molecular weight excluding hydrogens is 294 g/mol. The Labute approximate surface area is 115 Å². The summed E-state index contributed by atoms with van der Waals surface area (Å²) in [5.41, 5.74) is 4.83. The van der Waals surface area contributed by atoms with Gasteiger partial charge in [-0.1, -0.05) is 6.07 Å². The van der Waals surface area contributed by atoms with E-state index in [9.17, 15) is 0 Å². The lowest BCUT2D eigenvalue weighted by Crippen LogP contribution is -2.31. The van der Waals surface area contributed by atoms with Crippen molar-refractivity contribution in [2.45, 2.75) is 25.9 Å². The van der Waals surface area contributed by atoms with Crippen molar-refractivity contribution in [3.8, 4) is 0 Å². The van der Waals surface area contributed by atoms with Crippen LogP contribution in [0.15, 0.2) is 35.2 Å². The number of hydrogen-bond acceptors (Lipinski definition) is 4. The fourth-order valence-electron chi connectivity index (χ4n) is 1.91. The van der Waals surface area contributed by atoms with Crippen LogP contribution in [-0.4, -0.2) is 14.8 Å². The van der Waals surface area contributed by atoms with Gasteiger partial charge in [0.15, 0.2) is 0 Å². The van der Waals surface area contributed by atoms with E-state index in [2.05, 4.69) is 45.3 Å². The smallest absolute Gasteiger partial charge is 0.0904 e. The molecule has 0 amide bonds. The number of pyridine rings is 1. The van der Waals surface area contributed by atoms with Gasteiger partial charge in [-0.25, -0.2) is 5.43 Å². The molecule has 0 aliphatic rings. The highest BCUT2D eigenvalue weighted by Gasteiger charge is 2.22. The molecule has 1 unspecified atom stereocenters. The Morgan fingerprint density at radius 3 is 2.72 bits per heavy atom. The van der Waals surface area contributed by atoms with Crippen LogP contribution >= 0.6 is 15.9 Å². The third kappa shape index (κ3) is 2.45. The van der Waals surface area contributed by atoms with Crippen LogP contribution in [0.5, 0.6) is 0 Å². The summed E-state index contributed by atoms with van der Waals surface area (Å²) in [5, 5.41) is 4.36. The predicted octanol–water partition coefficient (Wildman–Crippen LogP) is 2.17. The number of hydrazine groups is 1. The van der Waals surface area contributed by atoms with E-state index in [4.69, 9.17) is 5.84 Å². The van der Waals surface area contributed by atoms with Crippen LogP contribution in [0.25, 0.3) is 0 Å². The summed E-state index contributed by atoms with van der Waals surface area (Å²) >= 11 is 3.52. The average molecular weight is 310 g/mol. The molecule has 5 nitrogen and oxygen atoms in total. The Hall–Kier alpha value is -1.24. The molecule has 2 aromatic heterocycles. The SMILES string of the molecule is CC(C)n1ncc(Br)c1C(NN)c1cccnc1. The predicted molar refractivity (Wildman–Crippen MR) is 73.7 cm³/mol. The molecule has 0 aliphatic carbocycles. The molecule has 3 N–H and O–H groups in total. The molecule has 0 saturated heterocycles. The quantitative estimate of drug-likeness (QED) is 0.671. The van der Waals surface area contributed by atoms with E-state index >= 15 is 0 Å². The van der Waals surface area contributed by atoms with Gasteiger partial charge < -0.3 is 0 Å². The maximum Gasteiger partial charge on any atom is 0.0904 e. The van der Waals surface area contributed by atoms with Gasteiger partial charge in [0.2, 0.25) is 0 Å². The Kier molecular flexibility index (Phi) is 4.11. The summed E-state index contributed by atoms with van der Waals surface area (Å²) in [6, 6.07) is 4.00. The average Bonchev–Trinajstić information content (AvgIpc) is 2.74. The van der Waals surface area contributed by atoms with Gasteiger partial charge in [-0.2, -0.15) is 5.10 Å². The number of halogens is 1. The summed E-state index contributed by atoms with van der Waals surface area (Å²) in [4.78, 5) is 4.13. The van der Waals surface area contributed by atoms with E-state index < -0.39 is 0 Å². The molecule has 0 radical (unpaired) electrons. The zero-order chi connectivity index (χ0) is 13.1. The molecule has 0 bridgehead atoms. The van der Waals surface area contributed by atoms with Gasteiger partial charge >= 0.3 is 0 Å². The van der Waals surface area contributed by atoms with Crippen molar-refractivity contribution in [3.63, 3.8) is 0 Å². The molecule has 0 aromatic carbocycles. The van der Waals surface area contributed by atoms with Gasteiger partial charge in [-0.3, -0.25) is 15.5 Å². The minimum Gasteiger partial charge on any atom is -0.271 e. The van der Waals surface area contributed by atoms with Crippen molar-refractivity contribution in [3.05, 3.63) is 46.5 Å². The highest BCUT2D eigenvalue weighted by molar-refractivity contribution is 9.10. The highest BCUT2D eigenvalue weighted by Crippen LogP contribution is 2.29. The lowest BCUT2D eigenvalue weighted by atomic mass is 10.1. The molecule has 0 saturated carbocycles. The van der Waals surface area contributed by atoms with Crippen LogP contribution in [0.1, 0.15) is 37.2 Å². The van der Waals surface area contributed by atoms with Crippen molar-refractivity contribution in [1.82, 2.24) is 20.2 Å². The maximum atomic E-state index is 5.69. The molecule has 1 atom stereocenters. The normalized spacial score (nSPS) is 12.9. The number of aromatic nitrogens is 3. The molecule has 2 heterocycles. The first kappa shape index (κ1) is 13.2. The minimum atomic E-state index is -0.141. The monoisotopic (exact) mass is 309 g/mol. The van der Waals surface area contributed by atoms with Crippen molar-refractivity contribution in [1.29, 1.82) is 0 Å². The van der Waals surface area contributed by atoms with Gasteiger partial charge in [0.25, 0.3) is 0 Å². The first-order valence-electron chi connectivity index (χ1n) is 5.74. The summed E-state index contributed by atoms with van der Waals surface area (Å²) in [6.45, 7) is 4.17. The van der Waals surface area contributed by atoms with Crippen LogP contribution in [0.4, 0.5) is 0 Å². The van der Waals surface area contributed by atoms with Crippen molar-refractivity contribution >= 4 is 15.9 Å². The van der Waals surface area contributed by atoms with Crippen LogP contribution in [0, 0.1) is 0 Å². The standard InChI is InChI=1S/C12H16BrN5/c1-8(2)18-12(10(13)7-16-18)11(17-14)9-4-3-5-15-6-9/h3-8,11,17H,14H2,1-2H3. The molecule has 18 heavy (non-hydrogen) atoms. The largest absolute Gasteiger partial charge is 0.271 e. The zero-order valence-corrected chi connectivity index (χ0v) is 11.9. The van der Waals surface area contributed by atoms with E-state index in [-0.39, 0.29) is 12.1 Å². The highest BCUT2D eigenvalue weighted by atomic mass is 79.9. The van der Waals surface area contributed by atoms with E-state index in [1.54, 1.807) is 18.6 Å². The van der Waals surface area contributed by atoms with Gasteiger partial charge in [-0.15, -0.1) is 0 Å². The Bertz CT molecular complexity index is 508. The minimum absolute atomic E-state index is 0.141. The van der Waals surface area contributed by atoms with Gasteiger partial charge in [0.1, 0.15) is 0 Å². The van der Waals surface area contributed by atoms with E-state index in [0.29, 0.717) is 0 Å². The van der Waals surface area contributed by atoms with Gasteiger partial charge in [0.05, 0.1) is 22.4 Å². The summed E-state index contributed by atoms with van der Waals surface area (Å²) in [7, 11) is 0. The lowest BCUT2D eigenvalue weighted by Gasteiger charge is -2.20. The second-order valence-corrected chi connectivity index (χ2v) is 5.16. The fourth-order valence-corrected chi connectivity index (χ4v) is 2.41. The van der Waals surface area contributed by atoms with Crippen molar-refractivity contribution in [2.24, 2.45) is 5.84 Å². The second kappa shape index (κ2) is 5.60. The first-order chi connectivity index (χ1) is 8.65. The van der Waals surface area contributed by atoms with E-state index in [1.807, 2.05) is 16.8 Å². The molecule has 0 spiro atoms. The first-order valence-corrected chi connectivity index (χ1v) is 6.53. The summed E-state index contributed by atoms with van der Waals surface area (Å²) in [5.74, 6) is 5.69. The van der Waals surface area contributed by atoms with Crippen LogP contribution < -0.4 is 11.3 Å². The topological polar surface area (TPSA) is 68.8 Å². The van der Waals surface area contributed by atoms with Gasteiger partial charge in [0, 0.05) is 18.4 Å². The van der Waals surface area contributed by atoms with E-state index in [1.165, 1.54) is 0 Å². The molecule has 2 rings (SSSR count). The van der Waals surface area contributed by atoms with Gasteiger partial charge in [-0.05, 0) is 41.4 Å². The molecule has 96 valence electrons. The van der Waals surface area contributed by atoms with Crippen molar-refractivity contribution in [2.75, 3.05) is 0 Å². The maximum absolute atomic E-state index is 5.69. The lowest BCUT2D eigenvalue weighted by molar-refractivity contribution is 0.475. The van der Waals surface area contributed by atoms with E-state index in [0.717, 1.165) is 15.7 Å². The zero-order valence-electron chi connectivity index (χ0n) is 10.3. The Morgan fingerprint density at radius 2 is 2.17 bits per heavy atom. The molecule has 0 fully saturated rings. The van der Waals surface area contributed by atoms with Crippen LogP contribution in [0.3, 0.4) is 0 Å². The third-order valence-corrected chi connectivity index (χ3v) is 3.34.